The summed E-state index contributed by atoms with van der Waals surface area (Å²) in [5, 5.41) is 3.14. The van der Waals surface area contributed by atoms with Crippen molar-refractivity contribution in [3.63, 3.8) is 0 Å². The second-order valence-electron chi connectivity index (χ2n) is 3.58. The summed E-state index contributed by atoms with van der Waals surface area (Å²) in [5.41, 5.74) is 10.8. The molecule has 1 unspecified atom stereocenters. The molecule has 0 aromatic heterocycles. The molecule has 5 N–H and O–H groups in total. The van der Waals surface area contributed by atoms with Crippen LogP contribution in [-0.2, 0) is 4.79 Å². The van der Waals surface area contributed by atoms with Crippen LogP contribution < -0.4 is 16.8 Å². The minimum Gasteiger partial charge on any atom is -0.370 e. The molecule has 0 spiro atoms. The summed E-state index contributed by atoms with van der Waals surface area (Å²) in [7, 11) is 0. The number of nitrogens with one attached hydrogen (secondary N) is 1. The Hall–Kier alpha value is -0.610. The zero-order valence-electron chi connectivity index (χ0n) is 7.47. The van der Waals surface area contributed by atoms with Crippen molar-refractivity contribution in [2.24, 2.45) is 17.4 Å². The third-order valence-electron chi connectivity index (χ3n) is 2.76. The van der Waals surface area contributed by atoms with Gasteiger partial charge in [0.2, 0.25) is 5.91 Å². The van der Waals surface area contributed by atoms with Crippen molar-refractivity contribution in [2.75, 3.05) is 13.1 Å². The van der Waals surface area contributed by atoms with E-state index in [4.69, 9.17) is 11.5 Å². The van der Waals surface area contributed by atoms with Gasteiger partial charge in [-0.25, -0.2) is 0 Å². The van der Waals surface area contributed by atoms with Crippen LogP contribution in [0.25, 0.3) is 0 Å². The van der Waals surface area contributed by atoms with E-state index in [1.165, 1.54) is 0 Å². The van der Waals surface area contributed by atoms with Crippen LogP contribution >= 0.6 is 0 Å². The van der Waals surface area contributed by atoms with Crippen molar-refractivity contribution in [3.8, 4) is 0 Å². The van der Waals surface area contributed by atoms with Crippen molar-refractivity contribution >= 4 is 5.91 Å². The Labute approximate surface area is 72.7 Å². The van der Waals surface area contributed by atoms with Gasteiger partial charge in [0, 0.05) is 31.0 Å². The second kappa shape index (κ2) is 3.41. The maximum absolute atomic E-state index is 10.7. The summed E-state index contributed by atoms with van der Waals surface area (Å²) in [6.07, 6.45) is 1.11. The smallest absolute Gasteiger partial charge is 0.219 e. The molecule has 1 rings (SSSR count). The predicted octanol–water partition coefficient (Wildman–Crippen LogP) is -0.811. The highest BCUT2D eigenvalue weighted by Gasteiger charge is 2.38. The molecule has 0 aliphatic carbocycles. The first kappa shape index (κ1) is 9.48. The Morgan fingerprint density at radius 3 is 2.50 bits per heavy atom. The van der Waals surface area contributed by atoms with Crippen LogP contribution in [-0.4, -0.2) is 24.5 Å². The van der Waals surface area contributed by atoms with Crippen LogP contribution in [0.1, 0.15) is 19.8 Å². The zero-order valence-corrected chi connectivity index (χ0v) is 7.47. The van der Waals surface area contributed by atoms with Crippen molar-refractivity contribution in [1.82, 2.24) is 5.32 Å². The van der Waals surface area contributed by atoms with E-state index in [0.717, 1.165) is 19.5 Å². The van der Waals surface area contributed by atoms with Gasteiger partial charge in [-0.05, 0) is 6.42 Å². The fraction of sp³-hybridized carbons (Fsp3) is 0.875. The van der Waals surface area contributed by atoms with E-state index in [1.807, 2.05) is 6.92 Å². The van der Waals surface area contributed by atoms with E-state index in [2.05, 4.69) is 5.32 Å². The number of hydrogen-bond donors (Lipinski definition) is 3. The van der Waals surface area contributed by atoms with Crippen LogP contribution in [0.2, 0.25) is 0 Å². The normalized spacial score (nSPS) is 22.8. The predicted molar refractivity (Wildman–Crippen MR) is 47.4 cm³/mol. The molecule has 1 heterocycles. The summed E-state index contributed by atoms with van der Waals surface area (Å²) in [6, 6.07) is 0. The van der Waals surface area contributed by atoms with Gasteiger partial charge in [0.05, 0.1) is 0 Å². The Balaban J connectivity index is 2.53. The van der Waals surface area contributed by atoms with Gasteiger partial charge in [-0.3, -0.25) is 4.79 Å². The van der Waals surface area contributed by atoms with Crippen LogP contribution in [0.4, 0.5) is 0 Å². The van der Waals surface area contributed by atoms with Gasteiger partial charge in [-0.15, -0.1) is 0 Å². The third-order valence-corrected chi connectivity index (χ3v) is 2.76. The molecule has 1 fully saturated rings. The molecule has 4 nitrogen and oxygen atoms in total. The highest BCUT2D eigenvalue weighted by atomic mass is 16.1. The SMILES string of the molecule is CCC(N)(CC(N)=O)C1CNC1. The summed E-state index contributed by atoms with van der Waals surface area (Å²) in [5.74, 6) is 0.112. The van der Waals surface area contributed by atoms with Crippen LogP contribution in [0.3, 0.4) is 0 Å². The van der Waals surface area contributed by atoms with E-state index in [9.17, 15) is 4.79 Å². The second-order valence-corrected chi connectivity index (χ2v) is 3.58. The Kier molecular flexibility index (Phi) is 2.69. The molecule has 0 saturated carbocycles. The first-order valence-electron chi connectivity index (χ1n) is 4.36. The summed E-state index contributed by atoms with van der Waals surface area (Å²) in [6.45, 7) is 3.83. The molecule has 4 heteroatoms. The van der Waals surface area contributed by atoms with Crippen LogP contribution in [0.5, 0.6) is 0 Å². The highest BCUT2D eigenvalue weighted by Crippen LogP contribution is 2.25. The van der Waals surface area contributed by atoms with E-state index in [-0.39, 0.29) is 11.4 Å². The van der Waals surface area contributed by atoms with Gasteiger partial charge >= 0.3 is 0 Å². The first-order chi connectivity index (χ1) is 5.58. The zero-order chi connectivity index (χ0) is 9.19. The molecule has 0 aromatic rings. The maximum atomic E-state index is 10.7. The number of primary amides is 1. The monoisotopic (exact) mass is 171 g/mol. The number of carbonyl (C=O) groups is 1. The molecule has 1 saturated heterocycles. The van der Waals surface area contributed by atoms with Gasteiger partial charge in [-0.1, -0.05) is 6.92 Å². The van der Waals surface area contributed by atoms with Gasteiger partial charge < -0.3 is 16.8 Å². The van der Waals surface area contributed by atoms with E-state index in [1.54, 1.807) is 0 Å². The molecule has 0 bridgehead atoms. The number of carbonyl (C=O) groups excluding carboxylic acids is 1. The third kappa shape index (κ3) is 1.76. The molecular formula is C8H17N3O. The largest absolute Gasteiger partial charge is 0.370 e. The maximum Gasteiger partial charge on any atom is 0.219 e. The van der Waals surface area contributed by atoms with E-state index < -0.39 is 0 Å². The molecule has 12 heavy (non-hydrogen) atoms. The van der Waals surface area contributed by atoms with Crippen molar-refractivity contribution in [1.29, 1.82) is 0 Å². The molecule has 1 amide bonds. The molecule has 1 atom stereocenters. The average Bonchev–Trinajstić information content (AvgIpc) is 1.81. The number of nitrogens with two attached hydrogens (primary N) is 2. The van der Waals surface area contributed by atoms with Gasteiger partial charge in [-0.2, -0.15) is 0 Å². The lowest BCUT2D eigenvalue weighted by Crippen LogP contribution is -2.61. The molecular weight excluding hydrogens is 154 g/mol. The molecule has 0 radical (unpaired) electrons. The molecule has 70 valence electrons. The van der Waals surface area contributed by atoms with E-state index in [0.29, 0.717) is 12.3 Å². The Morgan fingerprint density at radius 1 is 1.67 bits per heavy atom. The number of hydrogen-bond acceptors (Lipinski definition) is 3. The van der Waals surface area contributed by atoms with E-state index >= 15 is 0 Å². The molecule has 1 aliphatic rings. The summed E-state index contributed by atoms with van der Waals surface area (Å²) in [4.78, 5) is 10.7. The number of rotatable bonds is 4. The van der Waals surface area contributed by atoms with Crippen molar-refractivity contribution in [3.05, 3.63) is 0 Å². The quantitative estimate of drug-likeness (QED) is 0.517. The lowest BCUT2D eigenvalue weighted by atomic mass is 9.76. The molecule has 1 aliphatic heterocycles. The lowest BCUT2D eigenvalue weighted by Gasteiger charge is -2.42. The fourth-order valence-electron chi connectivity index (χ4n) is 1.58. The highest BCUT2D eigenvalue weighted by molar-refractivity contribution is 5.75. The van der Waals surface area contributed by atoms with Gasteiger partial charge in [0.15, 0.2) is 0 Å². The summed E-state index contributed by atoms with van der Waals surface area (Å²) >= 11 is 0. The average molecular weight is 171 g/mol. The van der Waals surface area contributed by atoms with Crippen LogP contribution in [0.15, 0.2) is 0 Å². The van der Waals surface area contributed by atoms with Crippen molar-refractivity contribution < 1.29 is 4.79 Å². The Bertz CT molecular complexity index is 179. The lowest BCUT2D eigenvalue weighted by molar-refractivity contribution is -0.119. The number of amides is 1. The first-order valence-corrected chi connectivity index (χ1v) is 4.36. The van der Waals surface area contributed by atoms with Crippen LogP contribution in [0, 0.1) is 5.92 Å². The minimum absolute atomic E-state index is 0.300. The minimum atomic E-state index is -0.378. The van der Waals surface area contributed by atoms with Crippen molar-refractivity contribution in [2.45, 2.75) is 25.3 Å². The fourth-order valence-corrected chi connectivity index (χ4v) is 1.58. The van der Waals surface area contributed by atoms with Gasteiger partial charge in [0.25, 0.3) is 0 Å². The van der Waals surface area contributed by atoms with Gasteiger partial charge in [0.1, 0.15) is 0 Å². The summed E-state index contributed by atoms with van der Waals surface area (Å²) < 4.78 is 0. The topological polar surface area (TPSA) is 81.1 Å². The Morgan fingerprint density at radius 2 is 2.25 bits per heavy atom. The standard InChI is InChI=1S/C8H17N3O/c1-2-8(10,3-7(9)12)6-4-11-5-6/h6,11H,2-5,10H2,1H3,(H2,9,12). The molecule has 0 aromatic carbocycles.